The summed E-state index contributed by atoms with van der Waals surface area (Å²) in [6.07, 6.45) is 2.95. The molecule has 0 aliphatic heterocycles. The van der Waals surface area contributed by atoms with Crippen LogP contribution in [-0.4, -0.2) is 48.7 Å². The molecule has 0 radical (unpaired) electrons. The van der Waals surface area contributed by atoms with Crippen molar-refractivity contribution >= 4 is 33.5 Å². The molecular formula is C12H20N2O4S2. The van der Waals surface area contributed by atoms with Gasteiger partial charge in [0, 0.05) is 11.5 Å². The fraction of sp³-hybridized carbons (Fsp3) is 0.500. The summed E-state index contributed by atoms with van der Waals surface area (Å²) in [6, 6.07) is -1.42. The van der Waals surface area contributed by atoms with Crippen molar-refractivity contribution in [2.45, 2.75) is 12.1 Å². The number of carbonyl (C=O) groups excluding carboxylic acids is 2. The molecule has 0 bridgehead atoms. The Morgan fingerprint density at radius 2 is 1.30 bits per heavy atom. The molecule has 0 aromatic carbocycles. The van der Waals surface area contributed by atoms with Gasteiger partial charge in [0.15, 0.2) is 0 Å². The molecule has 0 aliphatic rings. The van der Waals surface area contributed by atoms with Crippen LogP contribution in [0, 0.1) is 0 Å². The highest BCUT2D eigenvalue weighted by molar-refractivity contribution is 8.76. The first-order chi connectivity index (χ1) is 9.52. The first-order valence-corrected chi connectivity index (χ1v) is 8.32. The highest BCUT2D eigenvalue weighted by Gasteiger charge is 2.17. The molecular weight excluding hydrogens is 300 g/mol. The van der Waals surface area contributed by atoms with Crippen LogP contribution in [0.15, 0.2) is 25.3 Å². The van der Waals surface area contributed by atoms with Crippen molar-refractivity contribution in [3.8, 4) is 0 Å². The summed E-state index contributed by atoms with van der Waals surface area (Å²) in [7, 11) is 2.70. The van der Waals surface area contributed by atoms with E-state index < -0.39 is 24.0 Å². The summed E-state index contributed by atoms with van der Waals surface area (Å²) in [5.74, 6) is -0.218. The Hall–Kier alpha value is -0.960. The second-order valence-corrected chi connectivity index (χ2v) is 6.17. The van der Waals surface area contributed by atoms with Gasteiger partial charge in [-0.15, -0.1) is 0 Å². The quantitative estimate of drug-likeness (QED) is 0.245. The molecule has 20 heavy (non-hydrogen) atoms. The Morgan fingerprint density at radius 1 is 0.950 bits per heavy atom. The number of esters is 2. The molecule has 2 atom stereocenters. The van der Waals surface area contributed by atoms with Gasteiger partial charge in [-0.1, -0.05) is 46.9 Å². The van der Waals surface area contributed by atoms with Crippen molar-refractivity contribution < 1.29 is 19.1 Å². The molecule has 0 spiro atoms. The van der Waals surface area contributed by atoms with Crippen molar-refractivity contribution in [1.82, 2.24) is 0 Å². The van der Waals surface area contributed by atoms with Gasteiger partial charge in [0.2, 0.25) is 0 Å². The Kier molecular flexibility index (Phi) is 11.3. The van der Waals surface area contributed by atoms with Gasteiger partial charge in [0.05, 0.1) is 0 Å². The Morgan fingerprint density at radius 3 is 1.60 bits per heavy atom. The highest BCUT2D eigenvalue weighted by atomic mass is 33.1. The number of hydrogen-bond acceptors (Lipinski definition) is 8. The van der Waals surface area contributed by atoms with Crippen LogP contribution in [0.3, 0.4) is 0 Å². The van der Waals surface area contributed by atoms with Crippen molar-refractivity contribution in [2.75, 3.05) is 24.7 Å². The van der Waals surface area contributed by atoms with Crippen LogP contribution in [0.5, 0.6) is 0 Å². The van der Waals surface area contributed by atoms with E-state index in [0.29, 0.717) is 11.5 Å². The third-order valence-electron chi connectivity index (χ3n) is 1.87. The van der Waals surface area contributed by atoms with Gasteiger partial charge < -0.3 is 20.9 Å². The van der Waals surface area contributed by atoms with Crippen molar-refractivity contribution in [3.05, 3.63) is 25.3 Å². The first kappa shape index (κ1) is 19.0. The first-order valence-electron chi connectivity index (χ1n) is 5.83. The maximum atomic E-state index is 11.3. The predicted octanol–water partition coefficient (Wildman–Crippen LogP) is 0.481. The average molecular weight is 320 g/mol. The zero-order chi connectivity index (χ0) is 15.4. The monoisotopic (exact) mass is 320 g/mol. The topological polar surface area (TPSA) is 105 Å². The summed E-state index contributed by atoms with van der Waals surface area (Å²) in [6.45, 7) is 7.15. The average Bonchev–Trinajstić information content (AvgIpc) is 2.45. The van der Waals surface area contributed by atoms with E-state index in [-0.39, 0.29) is 13.2 Å². The van der Waals surface area contributed by atoms with E-state index in [1.165, 1.54) is 33.7 Å². The normalized spacial score (nSPS) is 13.1. The second kappa shape index (κ2) is 11.8. The van der Waals surface area contributed by atoms with E-state index >= 15 is 0 Å². The van der Waals surface area contributed by atoms with Gasteiger partial charge >= 0.3 is 11.9 Å². The SMILES string of the molecule is C=CCOC(=O)[C@H](N)CSSC[C@H](N)C(=O)OCC=C. The summed E-state index contributed by atoms with van der Waals surface area (Å²) in [4.78, 5) is 22.7. The minimum atomic E-state index is -0.712. The maximum Gasteiger partial charge on any atom is 0.324 e. The smallest absolute Gasteiger partial charge is 0.324 e. The molecule has 0 aliphatic carbocycles. The van der Waals surface area contributed by atoms with Crippen LogP contribution in [0.25, 0.3) is 0 Å². The molecule has 0 aromatic heterocycles. The van der Waals surface area contributed by atoms with E-state index in [0.717, 1.165) is 0 Å². The van der Waals surface area contributed by atoms with Gasteiger partial charge in [-0.2, -0.15) is 0 Å². The van der Waals surface area contributed by atoms with Crippen LogP contribution in [0.1, 0.15) is 0 Å². The van der Waals surface area contributed by atoms with Gasteiger partial charge in [0.1, 0.15) is 25.3 Å². The molecule has 0 fully saturated rings. The van der Waals surface area contributed by atoms with E-state index in [2.05, 4.69) is 13.2 Å². The van der Waals surface area contributed by atoms with Crippen LogP contribution in [-0.2, 0) is 19.1 Å². The van der Waals surface area contributed by atoms with Gasteiger partial charge in [-0.25, -0.2) is 0 Å². The third kappa shape index (κ3) is 9.03. The fourth-order valence-electron chi connectivity index (χ4n) is 0.875. The zero-order valence-electron chi connectivity index (χ0n) is 11.2. The van der Waals surface area contributed by atoms with Gasteiger partial charge in [-0.3, -0.25) is 9.59 Å². The molecule has 0 saturated carbocycles. The number of ether oxygens (including phenoxy) is 2. The number of rotatable bonds is 11. The molecule has 0 rings (SSSR count). The Labute approximate surface area is 126 Å². The minimum absolute atomic E-state index is 0.143. The minimum Gasteiger partial charge on any atom is -0.460 e. The van der Waals surface area contributed by atoms with E-state index in [9.17, 15) is 9.59 Å². The summed E-state index contributed by atoms with van der Waals surface area (Å²) < 4.78 is 9.60. The molecule has 0 amide bonds. The summed E-state index contributed by atoms with van der Waals surface area (Å²) >= 11 is 0. The van der Waals surface area contributed by atoms with Crippen LogP contribution in [0.2, 0.25) is 0 Å². The number of hydrogen-bond donors (Lipinski definition) is 2. The molecule has 114 valence electrons. The van der Waals surface area contributed by atoms with E-state index in [1.807, 2.05) is 0 Å². The highest BCUT2D eigenvalue weighted by Crippen LogP contribution is 2.22. The lowest BCUT2D eigenvalue weighted by atomic mass is 10.4. The molecule has 6 nitrogen and oxygen atoms in total. The number of nitrogens with two attached hydrogens (primary N) is 2. The van der Waals surface area contributed by atoms with Gasteiger partial charge in [0.25, 0.3) is 0 Å². The van der Waals surface area contributed by atoms with Crippen molar-refractivity contribution in [2.24, 2.45) is 11.5 Å². The third-order valence-corrected chi connectivity index (χ3v) is 4.34. The van der Waals surface area contributed by atoms with Crippen LogP contribution < -0.4 is 11.5 Å². The lowest BCUT2D eigenvalue weighted by Gasteiger charge is -2.11. The Balaban J connectivity index is 3.73. The Bertz CT molecular complexity index is 307. The standard InChI is InChI=1S/C12H20N2O4S2/c1-3-5-17-11(15)9(13)7-19-20-8-10(14)12(16)18-6-4-2/h3-4,9-10H,1-2,5-8,13-14H2/t9-,10+. The summed E-state index contributed by atoms with van der Waals surface area (Å²) in [5, 5.41) is 0. The van der Waals surface area contributed by atoms with E-state index in [4.69, 9.17) is 20.9 Å². The van der Waals surface area contributed by atoms with E-state index in [1.54, 1.807) is 0 Å². The largest absolute Gasteiger partial charge is 0.460 e. The zero-order valence-corrected chi connectivity index (χ0v) is 12.8. The fourth-order valence-corrected chi connectivity index (χ4v) is 3.09. The molecule has 4 N–H and O–H groups in total. The summed E-state index contributed by atoms with van der Waals surface area (Å²) in [5.41, 5.74) is 11.2. The maximum absolute atomic E-state index is 11.3. The van der Waals surface area contributed by atoms with Gasteiger partial charge in [-0.05, 0) is 0 Å². The molecule has 8 heteroatoms. The van der Waals surface area contributed by atoms with Crippen LogP contribution >= 0.6 is 21.6 Å². The van der Waals surface area contributed by atoms with Crippen molar-refractivity contribution in [1.29, 1.82) is 0 Å². The lowest BCUT2D eigenvalue weighted by molar-refractivity contribution is -0.144. The molecule has 0 saturated heterocycles. The lowest BCUT2D eigenvalue weighted by Crippen LogP contribution is -2.35. The van der Waals surface area contributed by atoms with Crippen LogP contribution in [0.4, 0.5) is 0 Å². The predicted molar refractivity (Wildman–Crippen MR) is 83.2 cm³/mol. The van der Waals surface area contributed by atoms with Crippen molar-refractivity contribution in [3.63, 3.8) is 0 Å². The molecule has 0 heterocycles. The molecule has 0 aromatic rings. The molecule has 0 unspecified atom stereocenters. The number of carbonyl (C=O) groups is 2. The second-order valence-electron chi connectivity index (χ2n) is 3.62.